The van der Waals surface area contributed by atoms with Crippen LogP contribution in [0.4, 0.5) is 0 Å². The van der Waals surface area contributed by atoms with Crippen LogP contribution in [-0.2, 0) is 41.6 Å². The van der Waals surface area contributed by atoms with Gasteiger partial charge in [-0.15, -0.1) is 0 Å². The largest absolute Gasteiger partial charge is 0.212 e. The normalized spacial score (nSPS) is 17.5. The molecule has 5 aromatic carbocycles. The van der Waals surface area contributed by atoms with Gasteiger partial charge in [-0.05, 0) is 220 Å². The van der Waals surface area contributed by atoms with Gasteiger partial charge in [0.25, 0.3) is 0 Å². The zero-order chi connectivity index (χ0) is 86.3. The molecule has 0 aliphatic heterocycles. The van der Waals surface area contributed by atoms with E-state index in [1.807, 2.05) is 140 Å². The molecule has 5 aromatic heterocycles. The van der Waals surface area contributed by atoms with E-state index in [0.29, 0.717) is 39.9 Å². The standard InChI is InChI=1S/C18H24N.C17H22N.2C16H20N.C15H18N/c1-12(2)16-7-8-18(19(6)11-16)17-10-13(3)9-14(4)15(17)5;1-12(2)15-7-9-17(18(5)11-15)16-8-6-13(3)10-14(16)4;1-11-6-7-16(17(5)10-11)15-9-12(2)8-13(3)14(15)4;1-5-14-7-9-16(17(4)11-14)15-8-6-12(2)10-13(15)3;1-11-8-9-15(16(4)10-11)14-7-5-6-12(2)13(14)3/h7-12H,1-6H3;6-12H,1-5H3;6-10H,1-5H3;6-11H,5H2,1-4H3;5-10H,1-4H3/q5*+1/i1D3,9D,12D;1D3,3D3,12D;1D3,8D;2D3,5D2;1D3,5D,6D. The van der Waals surface area contributed by atoms with Crippen molar-refractivity contribution >= 4 is 0 Å². The Labute approximate surface area is 562 Å². The molecule has 0 saturated heterocycles. The third-order valence-corrected chi connectivity index (χ3v) is 15.5. The molecule has 0 amide bonds. The molecule has 10 aromatic rings. The molecule has 0 fully saturated rings. The second-order valence-corrected chi connectivity index (χ2v) is 22.4. The fraction of sp³-hybridized carbons (Fsp3) is 0.329. The van der Waals surface area contributed by atoms with Crippen molar-refractivity contribution in [3.8, 4) is 56.3 Å². The Morgan fingerprint density at radius 1 is 0.379 bits per heavy atom. The summed E-state index contributed by atoms with van der Waals surface area (Å²) < 4.78 is 208. The number of hydrogen-bond donors (Lipinski definition) is 0. The fourth-order valence-corrected chi connectivity index (χ4v) is 10.3. The topological polar surface area (TPSA) is 19.4 Å². The lowest BCUT2D eigenvalue weighted by molar-refractivity contribution is -0.661. The zero-order valence-electron chi connectivity index (χ0n) is 80.1. The quantitative estimate of drug-likeness (QED) is 0.135. The van der Waals surface area contributed by atoms with Crippen LogP contribution in [0.5, 0.6) is 0 Å². The molecular weight excluding hydrogens is 1050 g/mol. The lowest BCUT2D eigenvalue weighted by atomic mass is 9.96. The molecule has 10 rings (SSSR count). The van der Waals surface area contributed by atoms with E-state index < -0.39 is 59.3 Å². The average molecular weight is 1190 g/mol. The van der Waals surface area contributed by atoms with Crippen molar-refractivity contribution in [2.45, 2.75) is 149 Å². The number of aromatic nitrogens is 5. The first-order chi connectivity index (χ1) is 51.4. The predicted molar refractivity (Wildman–Crippen MR) is 369 cm³/mol. The lowest BCUT2D eigenvalue weighted by Crippen LogP contribution is -2.31. The first-order valence-electron chi connectivity index (χ1n) is 41.9. The van der Waals surface area contributed by atoms with Gasteiger partial charge in [-0.3, -0.25) is 0 Å². The van der Waals surface area contributed by atoms with Crippen LogP contribution in [0.15, 0.2) is 170 Å². The van der Waals surface area contributed by atoms with E-state index in [0.717, 1.165) is 112 Å². The molecule has 0 saturated carbocycles. The molecule has 0 aliphatic rings. The molecule has 5 heteroatoms. The molecule has 2 unspecified atom stereocenters. The van der Waals surface area contributed by atoms with Gasteiger partial charge in [-0.1, -0.05) is 105 Å². The first kappa shape index (κ1) is 39.6. The SMILES string of the molecule is [2H]C([2H])([2H])c1ccc(-c2ccc(C([2H])(C)C([2H])([2H])[2H])c[n+]2C)c(C)c1.[2H]C([2H])([2H])c1ccc(-c2ccc(C([2H])([2H])C)c[n+]2C)c(C)c1.[2H]c1c(C)cc(-c2ccc(C([2H])(C)C([2H])([2H])[2H])c[n+]2C)c(C)c1C.[2H]c1c(C)cc(-c2ccc(C([2H])([2H])[2H])c[n+]2C)c(C)c1C.[2H]c1cc(-c2ccc(C([2H])([2H])[2H])c[n+]2C)c(C)c(C)c1[2H]. The van der Waals surface area contributed by atoms with Crippen LogP contribution < -0.4 is 22.8 Å². The molecule has 5 heterocycles. The van der Waals surface area contributed by atoms with E-state index in [1.165, 1.54) is 20.8 Å². The van der Waals surface area contributed by atoms with E-state index in [-0.39, 0.29) is 23.2 Å². The summed E-state index contributed by atoms with van der Waals surface area (Å²) in [5, 5.41) is 0. The molecule has 0 radical (unpaired) electrons. The maximum atomic E-state index is 8.23. The van der Waals surface area contributed by atoms with Gasteiger partial charge in [0.2, 0.25) is 28.5 Å². The molecule has 87 heavy (non-hydrogen) atoms. The van der Waals surface area contributed by atoms with Crippen LogP contribution in [0.25, 0.3) is 56.3 Å². The summed E-state index contributed by atoms with van der Waals surface area (Å²) in [5.41, 5.74) is 21.1. The molecule has 0 aliphatic carbocycles. The predicted octanol–water partition coefficient (Wildman–Crippen LogP) is 18.0. The van der Waals surface area contributed by atoms with Crippen molar-refractivity contribution < 1.29 is 58.5 Å². The second-order valence-electron chi connectivity index (χ2n) is 22.4. The molecule has 2 atom stereocenters. The molecule has 0 bridgehead atoms. The highest BCUT2D eigenvalue weighted by Gasteiger charge is 2.19. The highest BCUT2D eigenvalue weighted by atomic mass is 14.9. The third-order valence-electron chi connectivity index (χ3n) is 15.5. The minimum Gasteiger partial charge on any atom is -0.201 e. The van der Waals surface area contributed by atoms with Crippen LogP contribution in [0.2, 0.25) is 0 Å². The summed E-state index contributed by atoms with van der Waals surface area (Å²) in [6.45, 7) is 10.2. The lowest BCUT2D eigenvalue weighted by Gasteiger charge is -2.10. The van der Waals surface area contributed by atoms with Crippen molar-refractivity contribution in [3.63, 3.8) is 0 Å². The maximum absolute atomic E-state index is 8.23. The van der Waals surface area contributed by atoms with Gasteiger partial charge >= 0.3 is 0 Å². The van der Waals surface area contributed by atoms with Crippen LogP contribution in [0.3, 0.4) is 0 Å². The zero-order valence-corrected chi connectivity index (χ0v) is 54.1. The van der Waals surface area contributed by atoms with Gasteiger partial charge in [-0.25, -0.2) is 22.8 Å². The highest BCUT2D eigenvalue weighted by molar-refractivity contribution is 5.67. The van der Waals surface area contributed by atoms with E-state index in [9.17, 15) is 0 Å². The van der Waals surface area contributed by atoms with Crippen LogP contribution in [0, 0.1) is 96.6 Å². The van der Waals surface area contributed by atoms with Gasteiger partial charge in [0.05, 0.1) is 5.48 Å². The molecule has 0 N–H and O–H groups in total. The van der Waals surface area contributed by atoms with Gasteiger partial charge in [0.15, 0.2) is 31.0 Å². The Balaban J connectivity index is 0.000000220. The summed E-state index contributed by atoms with van der Waals surface area (Å²) in [6, 6.07) is 34.8. The number of pyridine rings is 5. The van der Waals surface area contributed by atoms with Crippen LogP contribution in [-0.4, -0.2) is 0 Å². The van der Waals surface area contributed by atoms with Gasteiger partial charge in [-0.2, -0.15) is 0 Å². The molecule has 452 valence electrons. The van der Waals surface area contributed by atoms with E-state index in [4.69, 9.17) is 35.6 Å². The van der Waals surface area contributed by atoms with Crippen molar-refractivity contribution in [1.82, 2.24) is 0 Å². The van der Waals surface area contributed by atoms with Crippen molar-refractivity contribution in [3.05, 3.63) is 265 Å². The highest BCUT2D eigenvalue weighted by Crippen LogP contribution is 2.29. The van der Waals surface area contributed by atoms with E-state index in [2.05, 4.69) is 0 Å². The van der Waals surface area contributed by atoms with E-state index >= 15 is 0 Å². The molecule has 0 spiro atoms. The number of aryl methyl sites for hydroxylation is 14. The summed E-state index contributed by atoms with van der Waals surface area (Å²) >= 11 is 0. The van der Waals surface area contributed by atoms with Crippen LogP contribution in [0.1, 0.15) is 176 Å². The van der Waals surface area contributed by atoms with Gasteiger partial charge in [0.1, 0.15) is 35.2 Å². The third kappa shape index (κ3) is 17.7. The van der Waals surface area contributed by atoms with E-state index in [1.54, 1.807) is 133 Å². The Morgan fingerprint density at radius 2 is 0.747 bits per heavy atom. The van der Waals surface area contributed by atoms with Gasteiger partial charge < -0.3 is 0 Å². The van der Waals surface area contributed by atoms with Crippen LogP contribution >= 0.6 is 0 Å². The smallest absolute Gasteiger partial charge is 0.201 e. The Hall–Kier alpha value is -8.15. The Bertz CT molecular complexity index is 4980. The average Bonchev–Trinajstić information content (AvgIpc) is 0.803. The molecule has 5 nitrogen and oxygen atoms in total. The number of nitrogens with zero attached hydrogens (tertiary/aromatic N) is 5. The number of benzene rings is 5. The summed E-state index contributed by atoms with van der Waals surface area (Å²) in [7, 11) is 9.14. The van der Waals surface area contributed by atoms with Crippen molar-refractivity contribution in [2.24, 2.45) is 35.2 Å². The number of rotatable bonds is 8. The number of hydrogen-bond acceptors (Lipinski definition) is 0. The van der Waals surface area contributed by atoms with Crippen molar-refractivity contribution in [2.75, 3.05) is 0 Å². The minimum absolute atomic E-state index is 0.174. The Morgan fingerprint density at radius 3 is 1.13 bits per heavy atom. The Kier molecular flexibility index (Phi) is 13.9. The first-order valence-corrected chi connectivity index (χ1v) is 28.9. The van der Waals surface area contributed by atoms with Crippen molar-refractivity contribution in [1.29, 1.82) is 0 Å². The summed E-state index contributed by atoms with van der Waals surface area (Å²) in [6.07, 6.45) is 6.98. The summed E-state index contributed by atoms with van der Waals surface area (Å²) in [4.78, 5) is 0. The second kappa shape index (κ2) is 30.5. The summed E-state index contributed by atoms with van der Waals surface area (Å²) in [5.74, 6) is -3.36. The van der Waals surface area contributed by atoms with Gasteiger partial charge in [0, 0.05) is 116 Å². The molecular formula is C82H104N5+5. The minimum atomic E-state index is -2.43. The maximum Gasteiger partial charge on any atom is 0.212 e. The fourth-order valence-electron chi connectivity index (χ4n) is 10.3. The monoisotopic (exact) mass is 1180 g/mol.